The lowest BCUT2D eigenvalue weighted by Crippen LogP contribution is -2.49. The first kappa shape index (κ1) is 35.7. The summed E-state index contributed by atoms with van der Waals surface area (Å²) in [6.07, 6.45) is 6.16. The fourth-order valence-corrected chi connectivity index (χ4v) is 10.5. The lowest BCUT2D eigenvalue weighted by Gasteiger charge is -2.45. The molecule has 12 heteroatoms. The van der Waals surface area contributed by atoms with Gasteiger partial charge < -0.3 is 9.47 Å². The van der Waals surface area contributed by atoms with Crippen LogP contribution in [0.2, 0.25) is 0 Å². The number of aryl methyl sites for hydroxylation is 1. The topological polar surface area (TPSA) is 87.5 Å². The Morgan fingerprint density at radius 2 is 1.61 bits per heavy atom. The zero-order chi connectivity index (χ0) is 36.3. The summed E-state index contributed by atoms with van der Waals surface area (Å²) in [6, 6.07) is 17.5. The number of imidazole rings is 1. The Hall–Kier alpha value is -3.74. The van der Waals surface area contributed by atoms with E-state index in [9.17, 15) is 22.0 Å². The molecule has 3 saturated heterocycles. The fourth-order valence-electron chi connectivity index (χ4n) is 8.96. The third-order valence-electron chi connectivity index (χ3n) is 11.3. The molecule has 0 aliphatic carbocycles. The van der Waals surface area contributed by atoms with Crippen molar-refractivity contribution in [3.63, 3.8) is 0 Å². The van der Waals surface area contributed by atoms with E-state index < -0.39 is 49.0 Å². The number of nitrogens with one attached hydrogen (secondary N) is 1. The van der Waals surface area contributed by atoms with Gasteiger partial charge in [0.05, 0.1) is 16.6 Å². The Bertz CT molecular complexity index is 2060. The maximum atomic E-state index is 15.1. The van der Waals surface area contributed by atoms with E-state index in [0.717, 1.165) is 61.6 Å². The van der Waals surface area contributed by atoms with E-state index in [0.29, 0.717) is 37.0 Å². The molecular weight excluding hydrogens is 676 g/mol. The first-order valence-electron chi connectivity index (χ1n) is 17.9. The molecule has 1 unspecified atom stereocenters. The van der Waals surface area contributed by atoms with Gasteiger partial charge in [-0.3, -0.25) is 9.69 Å². The van der Waals surface area contributed by atoms with Crippen molar-refractivity contribution < 1.29 is 26.4 Å². The highest BCUT2D eigenvalue weighted by Crippen LogP contribution is 2.45. The van der Waals surface area contributed by atoms with Crippen LogP contribution < -0.4 is 4.72 Å². The first-order chi connectivity index (χ1) is 24.1. The Balaban J connectivity index is 1.08. The Kier molecular flexibility index (Phi) is 9.33. The minimum Gasteiger partial charge on any atom is -0.338 e. The van der Waals surface area contributed by atoms with Gasteiger partial charge in [0.1, 0.15) is 28.2 Å². The van der Waals surface area contributed by atoms with Crippen LogP contribution >= 0.6 is 0 Å². The molecule has 0 spiro atoms. The second-order valence-electron chi connectivity index (χ2n) is 15.7. The molecule has 3 aliphatic rings. The summed E-state index contributed by atoms with van der Waals surface area (Å²) in [4.78, 5) is 21.9. The van der Waals surface area contributed by atoms with Crippen molar-refractivity contribution in [1.82, 2.24) is 24.1 Å². The highest BCUT2D eigenvalue weighted by molar-refractivity contribution is 7.89. The number of aromatic nitrogens is 2. The monoisotopic (exact) mass is 721 g/mol. The van der Waals surface area contributed by atoms with E-state index in [-0.39, 0.29) is 18.9 Å². The smallest absolute Gasteiger partial charge is 0.256 e. The number of sulfonamides is 1. The zero-order valence-electron chi connectivity index (χ0n) is 29.6. The molecule has 2 bridgehead atoms. The number of carbonyl (C=O) groups excluding carboxylic acids is 1. The SMILES string of the molecule is Cc1nc2ccccc2n1C1C[C@H]2CC[C@@H](C1)N2CCC1(c2cccc(F)c2)CCN(C(=O)c2cc(S(=O)(=O)NC(C)(C)C)c(F)cc2F)CC1. The lowest BCUT2D eigenvalue weighted by atomic mass is 9.70. The van der Waals surface area contributed by atoms with Gasteiger partial charge in [0, 0.05) is 42.8 Å². The maximum absolute atomic E-state index is 15.1. The van der Waals surface area contributed by atoms with Crippen LogP contribution in [0.4, 0.5) is 13.2 Å². The third kappa shape index (κ3) is 6.94. The van der Waals surface area contributed by atoms with Crippen molar-refractivity contribution in [2.45, 2.75) is 107 Å². The van der Waals surface area contributed by atoms with Crippen molar-refractivity contribution >= 4 is 27.0 Å². The van der Waals surface area contributed by atoms with E-state index in [1.807, 2.05) is 12.1 Å². The molecule has 7 rings (SSSR count). The largest absolute Gasteiger partial charge is 0.338 e. The second kappa shape index (κ2) is 13.3. The van der Waals surface area contributed by atoms with Gasteiger partial charge in [-0.15, -0.1) is 0 Å². The molecule has 1 N–H and O–H groups in total. The summed E-state index contributed by atoms with van der Waals surface area (Å²) in [5.74, 6) is -2.36. The van der Waals surface area contributed by atoms with Gasteiger partial charge in [-0.05, 0) is 120 Å². The molecule has 4 aromatic rings. The van der Waals surface area contributed by atoms with E-state index in [2.05, 4.69) is 39.3 Å². The average molecular weight is 722 g/mol. The molecule has 4 heterocycles. The Labute approximate surface area is 298 Å². The average Bonchev–Trinajstić information content (AvgIpc) is 3.52. The van der Waals surface area contributed by atoms with Crippen LogP contribution in [0, 0.1) is 24.4 Å². The summed E-state index contributed by atoms with van der Waals surface area (Å²) in [7, 11) is -4.37. The molecule has 3 aromatic carbocycles. The minimum absolute atomic E-state index is 0.260. The zero-order valence-corrected chi connectivity index (χ0v) is 30.4. The molecule has 1 amide bonds. The van der Waals surface area contributed by atoms with Crippen molar-refractivity contribution in [1.29, 1.82) is 0 Å². The normalized spacial score (nSPS) is 22.5. The van der Waals surface area contributed by atoms with Crippen molar-refractivity contribution in [2.75, 3.05) is 19.6 Å². The summed E-state index contributed by atoms with van der Waals surface area (Å²) < 4.78 is 75.3. The van der Waals surface area contributed by atoms with Gasteiger partial charge in [-0.1, -0.05) is 24.3 Å². The summed E-state index contributed by atoms with van der Waals surface area (Å²) >= 11 is 0. The molecule has 272 valence electrons. The second-order valence-corrected chi connectivity index (χ2v) is 17.4. The number of para-hydroxylation sites is 2. The number of fused-ring (bicyclic) bond motifs is 3. The van der Waals surface area contributed by atoms with Crippen LogP contribution in [0.5, 0.6) is 0 Å². The number of hydrogen-bond acceptors (Lipinski definition) is 5. The first-order valence-corrected chi connectivity index (χ1v) is 19.4. The number of halogens is 3. The number of nitrogens with zero attached hydrogens (tertiary/aromatic N) is 4. The van der Waals surface area contributed by atoms with Crippen molar-refractivity contribution in [3.05, 3.63) is 95.1 Å². The van der Waals surface area contributed by atoms with Gasteiger partial charge in [-0.2, -0.15) is 0 Å². The molecule has 0 saturated carbocycles. The van der Waals surface area contributed by atoms with E-state index in [4.69, 9.17) is 4.98 Å². The Morgan fingerprint density at radius 3 is 2.27 bits per heavy atom. The van der Waals surface area contributed by atoms with E-state index >= 15 is 4.39 Å². The predicted molar refractivity (Wildman–Crippen MR) is 191 cm³/mol. The minimum atomic E-state index is -4.37. The molecular formula is C39H46F3N5O3S. The third-order valence-corrected chi connectivity index (χ3v) is 13.0. The van der Waals surface area contributed by atoms with Crippen LogP contribution in [0.15, 0.2) is 65.6 Å². The molecule has 0 radical (unpaired) electrons. The molecule has 3 atom stereocenters. The number of likely N-dealkylation sites (tertiary alicyclic amines) is 1. The highest BCUT2D eigenvalue weighted by Gasteiger charge is 2.44. The van der Waals surface area contributed by atoms with Crippen LogP contribution in [-0.2, 0) is 15.4 Å². The molecule has 51 heavy (non-hydrogen) atoms. The summed E-state index contributed by atoms with van der Waals surface area (Å²) in [5.41, 5.74) is 1.26. The lowest BCUT2D eigenvalue weighted by molar-refractivity contribution is 0.0602. The molecule has 8 nitrogen and oxygen atoms in total. The van der Waals surface area contributed by atoms with Crippen LogP contribution in [0.3, 0.4) is 0 Å². The van der Waals surface area contributed by atoms with E-state index in [1.165, 1.54) is 16.5 Å². The van der Waals surface area contributed by atoms with Crippen LogP contribution in [-0.4, -0.2) is 70.9 Å². The number of carbonyl (C=O) groups is 1. The van der Waals surface area contributed by atoms with Gasteiger partial charge in [0.15, 0.2) is 0 Å². The molecule has 3 fully saturated rings. The van der Waals surface area contributed by atoms with Gasteiger partial charge in [-0.25, -0.2) is 31.3 Å². The molecule has 1 aromatic heterocycles. The van der Waals surface area contributed by atoms with Crippen LogP contribution in [0.1, 0.15) is 93.5 Å². The number of benzene rings is 3. The van der Waals surface area contributed by atoms with Crippen LogP contribution in [0.25, 0.3) is 11.0 Å². The van der Waals surface area contributed by atoms with Crippen molar-refractivity contribution in [3.8, 4) is 0 Å². The summed E-state index contributed by atoms with van der Waals surface area (Å²) in [5, 5.41) is 0. The molecule has 3 aliphatic heterocycles. The van der Waals surface area contributed by atoms with Gasteiger partial charge in [0.25, 0.3) is 5.91 Å². The van der Waals surface area contributed by atoms with E-state index in [1.54, 1.807) is 32.9 Å². The maximum Gasteiger partial charge on any atom is 0.256 e. The highest BCUT2D eigenvalue weighted by atomic mass is 32.2. The van der Waals surface area contributed by atoms with Crippen molar-refractivity contribution in [2.24, 2.45) is 0 Å². The van der Waals surface area contributed by atoms with Gasteiger partial charge >= 0.3 is 0 Å². The predicted octanol–water partition coefficient (Wildman–Crippen LogP) is 7.27. The Morgan fingerprint density at radius 1 is 0.922 bits per heavy atom. The number of hydrogen-bond donors (Lipinski definition) is 1. The number of rotatable bonds is 8. The fraction of sp³-hybridized carbons (Fsp3) is 0.487. The van der Waals surface area contributed by atoms with Gasteiger partial charge in [0.2, 0.25) is 10.0 Å². The summed E-state index contributed by atoms with van der Waals surface area (Å²) in [6.45, 7) is 8.26. The quantitative estimate of drug-likeness (QED) is 0.207. The number of piperidine rings is 2. The number of amides is 1. The standard InChI is InChI=1S/C39H46F3N5O3S/c1-25-43-34-10-5-6-11-35(34)47(25)30-21-28-12-13-29(22-30)46(28)19-16-39(26-8-7-9-27(40)20-26)14-17-45(18-15-39)37(48)31-23-36(33(42)24-32(31)41)51(49,50)44-38(2,3)4/h5-11,20,23-24,28-30,44H,12-19,21-22H2,1-4H3/t28-,29+,30?.